The van der Waals surface area contributed by atoms with E-state index in [0.29, 0.717) is 0 Å². The van der Waals surface area contributed by atoms with Crippen LogP contribution in [0.2, 0.25) is 0 Å². The number of para-hydroxylation sites is 1. The van der Waals surface area contributed by atoms with E-state index in [1.165, 1.54) is 11.1 Å². The molecule has 0 aliphatic rings. The molecule has 1 atom stereocenters. The van der Waals surface area contributed by atoms with Gasteiger partial charge in [0.2, 0.25) is 0 Å². The summed E-state index contributed by atoms with van der Waals surface area (Å²) in [6, 6.07) is 18.9. The average molecular weight is 283 g/mol. The van der Waals surface area contributed by atoms with Crippen molar-refractivity contribution in [1.82, 2.24) is 5.32 Å². The van der Waals surface area contributed by atoms with Gasteiger partial charge in [-0.05, 0) is 37.9 Å². The molecule has 0 aliphatic carbocycles. The number of rotatable bonds is 8. The standard InChI is InChI=1S/C19H25NO/c1-3-16(2)21-19-12-8-7-11-18(19)15-20-14-13-17-9-5-4-6-10-17/h4-12,16,20H,3,13-15H2,1-2H3. The summed E-state index contributed by atoms with van der Waals surface area (Å²) in [6.45, 7) is 6.08. The molecule has 2 aromatic carbocycles. The minimum Gasteiger partial charge on any atom is -0.490 e. The van der Waals surface area contributed by atoms with Crippen molar-refractivity contribution >= 4 is 0 Å². The van der Waals surface area contributed by atoms with Crippen molar-refractivity contribution in [2.75, 3.05) is 6.54 Å². The molecule has 0 spiro atoms. The van der Waals surface area contributed by atoms with Crippen LogP contribution in [0.15, 0.2) is 54.6 Å². The molecule has 1 N–H and O–H groups in total. The molecule has 0 heterocycles. The van der Waals surface area contributed by atoms with Crippen LogP contribution >= 0.6 is 0 Å². The Hall–Kier alpha value is -1.80. The van der Waals surface area contributed by atoms with Gasteiger partial charge in [-0.15, -0.1) is 0 Å². The first-order valence-electron chi connectivity index (χ1n) is 7.78. The molecule has 0 fully saturated rings. The lowest BCUT2D eigenvalue weighted by Crippen LogP contribution is -2.18. The molecule has 2 rings (SSSR count). The summed E-state index contributed by atoms with van der Waals surface area (Å²) in [5.41, 5.74) is 2.60. The Balaban J connectivity index is 1.82. The first-order valence-corrected chi connectivity index (χ1v) is 7.78. The SMILES string of the molecule is CCC(C)Oc1ccccc1CNCCc1ccccc1. The Kier molecular flexibility index (Phi) is 6.29. The van der Waals surface area contributed by atoms with Gasteiger partial charge in [-0.1, -0.05) is 55.5 Å². The van der Waals surface area contributed by atoms with Gasteiger partial charge < -0.3 is 10.1 Å². The minimum absolute atomic E-state index is 0.260. The predicted molar refractivity (Wildman–Crippen MR) is 88.7 cm³/mol. The van der Waals surface area contributed by atoms with E-state index >= 15 is 0 Å². The second-order valence-electron chi connectivity index (χ2n) is 5.36. The molecule has 2 heteroatoms. The summed E-state index contributed by atoms with van der Waals surface area (Å²) in [6.07, 6.45) is 2.33. The Morgan fingerprint density at radius 2 is 1.71 bits per heavy atom. The third-order valence-corrected chi connectivity index (χ3v) is 3.62. The van der Waals surface area contributed by atoms with Crippen molar-refractivity contribution in [2.45, 2.75) is 39.3 Å². The third kappa shape index (κ3) is 5.24. The fraction of sp³-hybridized carbons (Fsp3) is 0.368. The molecule has 0 saturated carbocycles. The first-order chi connectivity index (χ1) is 10.3. The maximum Gasteiger partial charge on any atom is 0.124 e. The second-order valence-corrected chi connectivity index (χ2v) is 5.36. The van der Waals surface area contributed by atoms with Crippen LogP contribution in [-0.4, -0.2) is 12.6 Å². The number of ether oxygens (including phenoxy) is 1. The molecule has 0 bridgehead atoms. The van der Waals surface area contributed by atoms with Crippen molar-refractivity contribution in [3.8, 4) is 5.75 Å². The van der Waals surface area contributed by atoms with Gasteiger partial charge in [0.05, 0.1) is 6.10 Å². The molecule has 0 aromatic heterocycles. The topological polar surface area (TPSA) is 21.3 Å². The van der Waals surface area contributed by atoms with Crippen molar-refractivity contribution in [3.05, 3.63) is 65.7 Å². The van der Waals surface area contributed by atoms with Crippen LogP contribution in [0.5, 0.6) is 5.75 Å². The van der Waals surface area contributed by atoms with Crippen LogP contribution < -0.4 is 10.1 Å². The monoisotopic (exact) mass is 283 g/mol. The fourth-order valence-corrected chi connectivity index (χ4v) is 2.17. The predicted octanol–water partition coefficient (Wildman–Crippen LogP) is 4.20. The lowest BCUT2D eigenvalue weighted by atomic mass is 10.1. The number of hydrogen-bond donors (Lipinski definition) is 1. The number of benzene rings is 2. The highest BCUT2D eigenvalue weighted by molar-refractivity contribution is 5.33. The lowest BCUT2D eigenvalue weighted by molar-refractivity contribution is 0.215. The maximum atomic E-state index is 5.97. The van der Waals surface area contributed by atoms with Crippen LogP contribution in [-0.2, 0) is 13.0 Å². The van der Waals surface area contributed by atoms with Gasteiger partial charge in [0.25, 0.3) is 0 Å². The van der Waals surface area contributed by atoms with Crippen LogP contribution in [0.25, 0.3) is 0 Å². The fourth-order valence-electron chi connectivity index (χ4n) is 2.17. The maximum absolute atomic E-state index is 5.97. The third-order valence-electron chi connectivity index (χ3n) is 3.62. The van der Waals surface area contributed by atoms with Crippen LogP contribution in [0.3, 0.4) is 0 Å². The summed E-state index contributed by atoms with van der Waals surface area (Å²) in [4.78, 5) is 0. The van der Waals surface area contributed by atoms with Gasteiger partial charge in [-0.3, -0.25) is 0 Å². The van der Waals surface area contributed by atoms with Gasteiger partial charge >= 0.3 is 0 Å². The van der Waals surface area contributed by atoms with Crippen molar-refractivity contribution in [1.29, 1.82) is 0 Å². The zero-order valence-corrected chi connectivity index (χ0v) is 13.0. The van der Waals surface area contributed by atoms with Crippen molar-refractivity contribution in [3.63, 3.8) is 0 Å². The normalized spacial score (nSPS) is 12.1. The molecule has 1 unspecified atom stereocenters. The molecule has 0 saturated heterocycles. The van der Waals surface area contributed by atoms with E-state index in [1.54, 1.807) is 0 Å². The van der Waals surface area contributed by atoms with Crippen molar-refractivity contribution < 1.29 is 4.74 Å². The molecule has 0 aliphatic heterocycles. The van der Waals surface area contributed by atoms with Gasteiger partial charge in [0, 0.05) is 12.1 Å². The summed E-state index contributed by atoms with van der Waals surface area (Å²) >= 11 is 0. The zero-order chi connectivity index (χ0) is 14.9. The quantitative estimate of drug-likeness (QED) is 0.733. The largest absolute Gasteiger partial charge is 0.490 e. The summed E-state index contributed by atoms with van der Waals surface area (Å²) in [5.74, 6) is 0.999. The van der Waals surface area contributed by atoms with E-state index in [2.05, 4.69) is 67.7 Å². The van der Waals surface area contributed by atoms with E-state index in [1.807, 2.05) is 6.07 Å². The minimum atomic E-state index is 0.260. The average Bonchev–Trinajstić information content (AvgIpc) is 2.54. The van der Waals surface area contributed by atoms with Gasteiger partial charge in [0.1, 0.15) is 5.75 Å². The Morgan fingerprint density at radius 3 is 2.48 bits per heavy atom. The van der Waals surface area contributed by atoms with Crippen LogP contribution in [0, 0.1) is 0 Å². The Labute approximate surface area is 128 Å². The van der Waals surface area contributed by atoms with Gasteiger partial charge in [0.15, 0.2) is 0 Å². The Bertz CT molecular complexity index is 524. The molecule has 2 aromatic rings. The molecule has 21 heavy (non-hydrogen) atoms. The van der Waals surface area contributed by atoms with E-state index in [4.69, 9.17) is 4.74 Å². The van der Waals surface area contributed by atoms with E-state index in [-0.39, 0.29) is 6.10 Å². The molecule has 0 radical (unpaired) electrons. The number of hydrogen-bond acceptors (Lipinski definition) is 2. The molecular formula is C19H25NO. The van der Waals surface area contributed by atoms with E-state index < -0.39 is 0 Å². The molecule has 112 valence electrons. The highest BCUT2D eigenvalue weighted by Gasteiger charge is 2.06. The summed E-state index contributed by atoms with van der Waals surface area (Å²) in [7, 11) is 0. The first kappa shape index (κ1) is 15.6. The highest BCUT2D eigenvalue weighted by atomic mass is 16.5. The van der Waals surface area contributed by atoms with E-state index in [0.717, 1.165) is 31.7 Å². The molecular weight excluding hydrogens is 258 g/mol. The van der Waals surface area contributed by atoms with Gasteiger partial charge in [-0.25, -0.2) is 0 Å². The molecule has 0 amide bonds. The van der Waals surface area contributed by atoms with Crippen LogP contribution in [0.4, 0.5) is 0 Å². The second kappa shape index (κ2) is 8.48. The number of nitrogens with one attached hydrogen (secondary N) is 1. The lowest BCUT2D eigenvalue weighted by Gasteiger charge is -2.16. The summed E-state index contributed by atoms with van der Waals surface area (Å²) < 4.78 is 5.97. The highest BCUT2D eigenvalue weighted by Crippen LogP contribution is 2.19. The van der Waals surface area contributed by atoms with Crippen LogP contribution in [0.1, 0.15) is 31.4 Å². The van der Waals surface area contributed by atoms with Crippen molar-refractivity contribution in [2.24, 2.45) is 0 Å². The summed E-state index contributed by atoms with van der Waals surface area (Å²) in [5, 5.41) is 3.50. The smallest absolute Gasteiger partial charge is 0.124 e. The molecule has 2 nitrogen and oxygen atoms in total. The Morgan fingerprint density at radius 1 is 1.00 bits per heavy atom. The van der Waals surface area contributed by atoms with Gasteiger partial charge in [-0.2, -0.15) is 0 Å². The van der Waals surface area contributed by atoms with E-state index in [9.17, 15) is 0 Å². The zero-order valence-electron chi connectivity index (χ0n) is 13.0.